The van der Waals surface area contributed by atoms with Crippen molar-refractivity contribution in [3.05, 3.63) is 24.3 Å². The third kappa shape index (κ3) is 4.54. The van der Waals surface area contributed by atoms with Gasteiger partial charge in [-0.25, -0.2) is 21.6 Å². The Bertz CT molecular complexity index is 836. The molecule has 27 heavy (non-hydrogen) atoms. The van der Waals surface area contributed by atoms with Gasteiger partial charge in [0.15, 0.2) is 0 Å². The normalized spacial score (nSPS) is 28.1. The van der Waals surface area contributed by atoms with E-state index in [2.05, 4.69) is 18.6 Å². The lowest BCUT2D eigenvalue weighted by Gasteiger charge is -2.34. The Labute approximate surface area is 162 Å². The molecule has 0 amide bonds. The summed E-state index contributed by atoms with van der Waals surface area (Å²) in [5.74, 6) is 0.564. The monoisotopic (exact) mass is 416 g/mol. The molecule has 2 unspecified atom stereocenters. The number of hydrogen-bond donors (Lipinski definition) is 1. The lowest BCUT2D eigenvalue weighted by atomic mass is 9.79. The summed E-state index contributed by atoms with van der Waals surface area (Å²) < 4.78 is 60.2. The van der Waals surface area contributed by atoms with Crippen LogP contribution in [0.25, 0.3) is 0 Å². The highest BCUT2D eigenvalue weighted by Gasteiger charge is 2.32. The second kappa shape index (κ2) is 8.16. The molecule has 152 valence electrons. The van der Waals surface area contributed by atoms with E-state index in [1.807, 2.05) is 0 Å². The SMILES string of the molecule is CC1CCCC(C)C1NS(=O)(=O)c1ccc(S(=O)(=O)N2CCOCC2)cc1. The van der Waals surface area contributed by atoms with Gasteiger partial charge in [-0.15, -0.1) is 0 Å². The van der Waals surface area contributed by atoms with Gasteiger partial charge < -0.3 is 4.74 Å². The van der Waals surface area contributed by atoms with E-state index in [1.54, 1.807) is 0 Å². The fraction of sp³-hybridized carbons (Fsp3) is 0.667. The highest BCUT2D eigenvalue weighted by molar-refractivity contribution is 7.89. The van der Waals surface area contributed by atoms with Crippen LogP contribution < -0.4 is 4.72 Å². The second-order valence-corrected chi connectivity index (χ2v) is 11.2. The second-order valence-electron chi connectivity index (χ2n) is 7.52. The zero-order valence-corrected chi connectivity index (χ0v) is 17.4. The summed E-state index contributed by atoms with van der Waals surface area (Å²) in [7, 11) is -7.32. The maximum Gasteiger partial charge on any atom is 0.243 e. The van der Waals surface area contributed by atoms with Crippen LogP contribution in [0, 0.1) is 11.8 Å². The molecule has 1 aliphatic heterocycles. The van der Waals surface area contributed by atoms with E-state index in [-0.39, 0.29) is 27.7 Å². The van der Waals surface area contributed by atoms with E-state index in [0.29, 0.717) is 26.3 Å². The van der Waals surface area contributed by atoms with Crippen LogP contribution in [0.2, 0.25) is 0 Å². The number of nitrogens with zero attached hydrogens (tertiary/aromatic N) is 1. The molecule has 2 aliphatic rings. The molecular weight excluding hydrogens is 388 g/mol. The van der Waals surface area contributed by atoms with E-state index in [0.717, 1.165) is 19.3 Å². The molecular formula is C18H28N2O5S2. The Hall–Kier alpha value is -1.00. The van der Waals surface area contributed by atoms with Gasteiger partial charge in [-0.05, 0) is 48.9 Å². The third-order valence-corrected chi connectivity index (χ3v) is 8.97. The molecule has 0 bridgehead atoms. The van der Waals surface area contributed by atoms with Crippen molar-refractivity contribution in [1.29, 1.82) is 0 Å². The average molecular weight is 417 g/mol. The molecule has 1 aromatic carbocycles. The van der Waals surface area contributed by atoms with E-state index < -0.39 is 20.0 Å². The topological polar surface area (TPSA) is 92.8 Å². The van der Waals surface area contributed by atoms with Crippen LogP contribution in [0.1, 0.15) is 33.1 Å². The van der Waals surface area contributed by atoms with Gasteiger partial charge in [0.05, 0.1) is 23.0 Å². The van der Waals surface area contributed by atoms with Gasteiger partial charge in [-0.3, -0.25) is 0 Å². The van der Waals surface area contributed by atoms with Crippen LogP contribution >= 0.6 is 0 Å². The molecule has 9 heteroatoms. The molecule has 1 heterocycles. The summed E-state index contributed by atoms with van der Waals surface area (Å²) in [5.41, 5.74) is 0. The number of ether oxygens (including phenoxy) is 1. The molecule has 0 aromatic heterocycles. The molecule has 1 saturated carbocycles. The van der Waals surface area contributed by atoms with Crippen LogP contribution in [-0.2, 0) is 24.8 Å². The number of sulfonamides is 2. The van der Waals surface area contributed by atoms with E-state index in [4.69, 9.17) is 4.74 Å². The zero-order chi connectivity index (χ0) is 19.7. The number of benzene rings is 1. The lowest BCUT2D eigenvalue weighted by molar-refractivity contribution is 0.0730. The number of rotatable bonds is 5. The first-order chi connectivity index (χ1) is 12.7. The van der Waals surface area contributed by atoms with Crippen LogP contribution in [0.4, 0.5) is 0 Å². The van der Waals surface area contributed by atoms with Gasteiger partial charge in [0.25, 0.3) is 0 Å². The predicted molar refractivity (Wildman–Crippen MR) is 102 cm³/mol. The highest BCUT2D eigenvalue weighted by atomic mass is 32.2. The van der Waals surface area contributed by atoms with Crippen molar-refractivity contribution in [2.24, 2.45) is 11.8 Å². The van der Waals surface area contributed by atoms with Crippen LogP contribution in [0.5, 0.6) is 0 Å². The molecule has 2 atom stereocenters. The standard InChI is InChI=1S/C18H28N2O5S2/c1-14-4-3-5-15(2)18(14)19-26(21,22)16-6-8-17(9-7-16)27(23,24)20-10-12-25-13-11-20/h6-9,14-15,18-19H,3-5,10-13H2,1-2H3. The summed E-state index contributed by atoms with van der Waals surface area (Å²) in [5, 5.41) is 0. The molecule has 3 rings (SSSR count). The first kappa shape index (κ1) is 20.7. The Kier molecular flexibility index (Phi) is 6.27. The fourth-order valence-corrected chi connectivity index (χ4v) is 6.75. The third-order valence-electron chi connectivity index (χ3n) is 5.58. The van der Waals surface area contributed by atoms with Crippen molar-refractivity contribution in [3.63, 3.8) is 0 Å². The number of nitrogens with one attached hydrogen (secondary N) is 1. The Balaban J connectivity index is 1.77. The summed E-state index contributed by atoms with van der Waals surface area (Å²) in [6.45, 7) is 5.49. The summed E-state index contributed by atoms with van der Waals surface area (Å²) in [4.78, 5) is 0.191. The largest absolute Gasteiger partial charge is 0.379 e. The first-order valence-corrected chi connectivity index (χ1v) is 12.3. The Morgan fingerprint density at radius 2 is 1.44 bits per heavy atom. The molecule has 0 radical (unpaired) electrons. The fourth-order valence-electron chi connectivity index (χ4n) is 3.89. The van der Waals surface area contributed by atoms with E-state index >= 15 is 0 Å². The van der Waals surface area contributed by atoms with Crippen LogP contribution in [0.15, 0.2) is 34.1 Å². The van der Waals surface area contributed by atoms with Crippen molar-refractivity contribution in [2.75, 3.05) is 26.3 Å². The molecule has 1 aliphatic carbocycles. The van der Waals surface area contributed by atoms with Gasteiger partial charge in [-0.2, -0.15) is 4.31 Å². The molecule has 1 N–H and O–H groups in total. The average Bonchev–Trinajstić information content (AvgIpc) is 2.66. The van der Waals surface area contributed by atoms with Crippen LogP contribution in [-0.4, -0.2) is 53.5 Å². The number of hydrogen-bond acceptors (Lipinski definition) is 5. The van der Waals surface area contributed by atoms with Gasteiger partial charge in [-0.1, -0.05) is 20.3 Å². The highest BCUT2D eigenvalue weighted by Crippen LogP contribution is 2.30. The number of morpholine rings is 1. The molecule has 0 spiro atoms. The summed E-state index contributed by atoms with van der Waals surface area (Å²) in [6.07, 6.45) is 3.14. The Morgan fingerprint density at radius 3 is 2.00 bits per heavy atom. The summed E-state index contributed by atoms with van der Waals surface area (Å²) >= 11 is 0. The zero-order valence-electron chi connectivity index (χ0n) is 15.8. The molecule has 7 nitrogen and oxygen atoms in total. The maximum atomic E-state index is 12.8. The molecule has 2 fully saturated rings. The van der Waals surface area contributed by atoms with Crippen molar-refractivity contribution < 1.29 is 21.6 Å². The quantitative estimate of drug-likeness (QED) is 0.790. The summed E-state index contributed by atoms with van der Waals surface area (Å²) in [6, 6.07) is 5.38. The van der Waals surface area contributed by atoms with Gasteiger partial charge >= 0.3 is 0 Å². The Morgan fingerprint density at radius 1 is 0.926 bits per heavy atom. The minimum Gasteiger partial charge on any atom is -0.379 e. The molecule has 1 saturated heterocycles. The lowest BCUT2D eigenvalue weighted by Crippen LogP contribution is -2.45. The van der Waals surface area contributed by atoms with E-state index in [9.17, 15) is 16.8 Å². The van der Waals surface area contributed by atoms with E-state index in [1.165, 1.54) is 28.6 Å². The van der Waals surface area contributed by atoms with Gasteiger partial charge in [0.2, 0.25) is 20.0 Å². The first-order valence-electron chi connectivity index (χ1n) is 9.42. The van der Waals surface area contributed by atoms with Crippen molar-refractivity contribution >= 4 is 20.0 Å². The predicted octanol–water partition coefficient (Wildman–Crippen LogP) is 1.81. The minimum absolute atomic E-state index is 0.0911. The van der Waals surface area contributed by atoms with Gasteiger partial charge in [0, 0.05) is 19.1 Å². The van der Waals surface area contributed by atoms with Crippen molar-refractivity contribution in [3.8, 4) is 0 Å². The van der Waals surface area contributed by atoms with Crippen LogP contribution in [0.3, 0.4) is 0 Å². The minimum atomic E-state index is -3.69. The smallest absolute Gasteiger partial charge is 0.243 e. The van der Waals surface area contributed by atoms with Gasteiger partial charge in [0.1, 0.15) is 0 Å². The van der Waals surface area contributed by atoms with Crippen molar-refractivity contribution in [2.45, 2.75) is 48.9 Å². The van der Waals surface area contributed by atoms with Crippen molar-refractivity contribution in [1.82, 2.24) is 9.03 Å². The maximum absolute atomic E-state index is 12.8. The molecule has 1 aromatic rings.